The van der Waals surface area contributed by atoms with E-state index in [1.54, 1.807) is 36.4 Å². The summed E-state index contributed by atoms with van der Waals surface area (Å²) in [5.41, 5.74) is -0.0144. The Morgan fingerprint density at radius 2 is 1.88 bits per heavy atom. The Labute approximate surface area is 142 Å². The molecule has 6 heteroatoms. The zero-order valence-electron chi connectivity index (χ0n) is 13.2. The van der Waals surface area contributed by atoms with Crippen molar-refractivity contribution in [3.63, 3.8) is 0 Å². The van der Waals surface area contributed by atoms with Gasteiger partial charge in [-0.2, -0.15) is 0 Å². The number of rotatable bonds is 4. The maximum absolute atomic E-state index is 12.1. The van der Waals surface area contributed by atoms with E-state index in [9.17, 15) is 9.59 Å². The van der Waals surface area contributed by atoms with Gasteiger partial charge in [0.1, 0.15) is 5.76 Å². The fourth-order valence-corrected chi connectivity index (χ4v) is 2.66. The maximum Gasteiger partial charge on any atom is 0.343 e. The van der Waals surface area contributed by atoms with Crippen LogP contribution in [0.3, 0.4) is 0 Å². The molecule has 6 nitrogen and oxygen atoms in total. The summed E-state index contributed by atoms with van der Waals surface area (Å²) in [5, 5.41) is 1.33. The van der Waals surface area contributed by atoms with Crippen molar-refractivity contribution in [1.29, 1.82) is 0 Å². The van der Waals surface area contributed by atoms with Crippen LogP contribution in [0.5, 0.6) is 11.5 Å². The molecule has 0 spiro atoms. The van der Waals surface area contributed by atoms with Gasteiger partial charge in [-0.3, -0.25) is 0 Å². The van der Waals surface area contributed by atoms with Gasteiger partial charge in [0.25, 0.3) is 0 Å². The van der Waals surface area contributed by atoms with E-state index in [0.717, 1.165) is 5.39 Å². The lowest BCUT2D eigenvalue weighted by Crippen LogP contribution is -2.09. The Morgan fingerprint density at radius 1 is 1.04 bits per heavy atom. The first kappa shape index (κ1) is 15.3. The normalized spacial score (nSPS) is 12.3. The van der Waals surface area contributed by atoms with E-state index in [-0.39, 0.29) is 13.4 Å². The van der Waals surface area contributed by atoms with Gasteiger partial charge >= 0.3 is 11.6 Å². The second-order valence-corrected chi connectivity index (χ2v) is 5.54. The molecule has 0 unspecified atom stereocenters. The highest BCUT2D eigenvalue weighted by Crippen LogP contribution is 2.32. The minimum absolute atomic E-state index is 0.106. The molecule has 1 aliphatic rings. The summed E-state index contributed by atoms with van der Waals surface area (Å²) in [4.78, 5) is 24.0. The predicted molar refractivity (Wildman–Crippen MR) is 89.0 cm³/mol. The number of carbonyl (C=O) groups is 1. The van der Waals surface area contributed by atoms with E-state index in [4.69, 9.17) is 18.6 Å². The van der Waals surface area contributed by atoms with Crippen LogP contribution in [0.4, 0.5) is 0 Å². The number of esters is 1. The number of carbonyl (C=O) groups excluding carboxylic acids is 1. The van der Waals surface area contributed by atoms with Gasteiger partial charge in [-0.1, -0.05) is 18.2 Å². The smallest absolute Gasteiger partial charge is 0.343 e. The molecule has 0 N–H and O–H groups in total. The Hall–Kier alpha value is -3.28. The lowest BCUT2D eigenvalue weighted by Gasteiger charge is -2.06. The minimum atomic E-state index is -0.471. The van der Waals surface area contributed by atoms with Crippen LogP contribution in [-0.4, -0.2) is 19.4 Å². The second kappa shape index (κ2) is 6.32. The van der Waals surface area contributed by atoms with Crippen molar-refractivity contribution in [3.8, 4) is 11.5 Å². The Morgan fingerprint density at radius 3 is 2.80 bits per heavy atom. The van der Waals surface area contributed by atoms with Crippen molar-refractivity contribution in [2.24, 2.45) is 0 Å². The van der Waals surface area contributed by atoms with E-state index in [2.05, 4.69) is 0 Å². The van der Waals surface area contributed by atoms with Crippen molar-refractivity contribution >= 4 is 16.7 Å². The van der Waals surface area contributed by atoms with Crippen LogP contribution < -0.4 is 15.1 Å². The van der Waals surface area contributed by atoms with Gasteiger partial charge < -0.3 is 18.6 Å². The molecule has 3 aromatic rings. The monoisotopic (exact) mass is 338 g/mol. The number of ether oxygens (including phenoxy) is 3. The molecule has 0 aliphatic carbocycles. The fraction of sp³-hybridized carbons (Fsp3) is 0.158. The molecule has 1 aromatic heterocycles. The van der Waals surface area contributed by atoms with Crippen molar-refractivity contribution in [2.75, 3.05) is 13.4 Å². The molecule has 25 heavy (non-hydrogen) atoms. The molecule has 0 saturated carbocycles. The average molecular weight is 338 g/mol. The van der Waals surface area contributed by atoms with E-state index >= 15 is 0 Å². The molecule has 1 aliphatic heterocycles. The summed E-state index contributed by atoms with van der Waals surface area (Å²) < 4.78 is 20.9. The van der Waals surface area contributed by atoms with Crippen molar-refractivity contribution in [3.05, 3.63) is 70.3 Å². The zero-order valence-corrected chi connectivity index (χ0v) is 13.2. The van der Waals surface area contributed by atoms with Gasteiger partial charge in [-0.15, -0.1) is 0 Å². The molecule has 2 heterocycles. The number of hydrogen-bond acceptors (Lipinski definition) is 6. The molecule has 4 rings (SSSR count). The molecule has 0 amide bonds. The van der Waals surface area contributed by atoms with E-state index in [1.165, 1.54) is 0 Å². The molecular weight excluding hydrogens is 324 g/mol. The summed E-state index contributed by atoms with van der Waals surface area (Å²) in [6, 6.07) is 13.8. The van der Waals surface area contributed by atoms with Crippen molar-refractivity contribution in [2.45, 2.75) is 6.42 Å². The quantitative estimate of drug-likeness (QED) is 0.681. The molecule has 0 saturated heterocycles. The highest BCUT2D eigenvalue weighted by atomic mass is 16.7. The lowest BCUT2D eigenvalue weighted by molar-refractivity contribution is 0.0503. The summed E-state index contributed by atoms with van der Waals surface area (Å²) in [5.74, 6) is 1.13. The van der Waals surface area contributed by atoms with Gasteiger partial charge in [-0.25, -0.2) is 9.59 Å². The minimum Gasteiger partial charge on any atom is -0.462 e. The first-order valence-electron chi connectivity index (χ1n) is 7.79. The summed E-state index contributed by atoms with van der Waals surface area (Å²) in [6.45, 7) is 0.253. The number of fused-ring (bicyclic) bond motifs is 2. The average Bonchev–Trinajstić information content (AvgIpc) is 3.09. The highest BCUT2D eigenvalue weighted by Gasteiger charge is 2.17. The van der Waals surface area contributed by atoms with Crippen molar-refractivity contribution < 1.29 is 23.4 Å². The van der Waals surface area contributed by atoms with E-state index < -0.39 is 11.6 Å². The van der Waals surface area contributed by atoms with E-state index in [0.29, 0.717) is 34.6 Å². The first-order valence-corrected chi connectivity index (χ1v) is 7.79. The van der Waals surface area contributed by atoms with Crippen LogP contribution in [0.25, 0.3) is 10.8 Å². The Kier molecular flexibility index (Phi) is 3.85. The molecule has 126 valence electrons. The predicted octanol–water partition coefficient (Wildman–Crippen LogP) is 2.92. The Balaban J connectivity index is 1.42. The van der Waals surface area contributed by atoms with E-state index in [1.807, 2.05) is 12.1 Å². The van der Waals surface area contributed by atoms with Crippen LogP contribution in [0.1, 0.15) is 16.1 Å². The molecular formula is C19H14O6. The third-order valence-corrected chi connectivity index (χ3v) is 3.91. The molecule has 0 radical (unpaired) electrons. The third kappa shape index (κ3) is 3.06. The standard InChI is InChI=1S/C19H14O6/c20-18(13-5-6-16-17(10-13)24-11-23-16)22-8-7-14-9-12-3-1-2-4-15(12)19(21)25-14/h1-6,9-10H,7-8,11H2. The zero-order chi connectivity index (χ0) is 17.2. The molecule has 0 atom stereocenters. The molecule has 0 bridgehead atoms. The third-order valence-electron chi connectivity index (χ3n) is 3.91. The van der Waals surface area contributed by atoms with Crippen LogP contribution in [0, 0.1) is 0 Å². The maximum atomic E-state index is 12.1. The number of benzene rings is 2. The first-order chi connectivity index (χ1) is 12.2. The summed E-state index contributed by atoms with van der Waals surface area (Å²) >= 11 is 0. The van der Waals surface area contributed by atoms with Crippen LogP contribution in [0.15, 0.2) is 57.7 Å². The van der Waals surface area contributed by atoms with Gasteiger partial charge in [0, 0.05) is 6.42 Å². The van der Waals surface area contributed by atoms with Gasteiger partial charge in [0.2, 0.25) is 6.79 Å². The number of hydrogen-bond donors (Lipinski definition) is 0. The largest absolute Gasteiger partial charge is 0.462 e. The topological polar surface area (TPSA) is 75.0 Å². The van der Waals surface area contributed by atoms with Crippen LogP contribution >= 0.6 is 0 Å². The van der Waals surface area contributed by atoms with Gasteiger partial charge in [0.05, 0.1) is 17.6 Å². The SMILES string of the molecule is O=C(OCCc1cc2ccccc2c(=O)o1)c1ccc2c(c1)OCO2. The molecule has 0 fully saturated rings. The fourth-order valence-electron chi connectivity index (χ4n) is 2.66. The summed E-state index contributed by atoms with van der Waals surface area (Å²) in [7, 11) is 0. The van der Waals surface area contributed by atoms with Crippen molar-refractivity contribution in [1.82, 2.24) is 0 Å². The summed E-state index contributed by atoms with van der Waals surface area (Å²) in [6.07, 6.45) is 0.316. The van der Waals surface area contributed by atoms with Crippen LogP contribution in [0.2, 0.25) is 0 Å². The van der Waals surface area contributed by atoms with Gasteiger partial charge in [0.15, 0.2) is 11.5 Å². The lowest BCUT2D eigenvalue weighted by atomic mass is 10.1. The Bertz CT molecular complexity index is 1000. The molecule has 2 aromatic carbocycles. The van der Waals surface area contributed by atoms with Gasteiger partial charge in [-0.05, 0) is 35.7 Å². The second-order valence-electron chi connectivity index (χ2n) is 5.54. The highest BCUT2D eigenvalue weighted by molar-refractivity contribution is 5.90. The van der Waals surface area contributed by atoms with Crippen LogP contribution in [-0.2, 0) is 11.2 Å².